The highest BCUT2D eigenvalue weighted by atomic mass is 32.2. The van der Waals surface area contributed by atoms with E-state index in [4.69, 9.17) is 4.74 Å². The highest BCUT2D eigenvalue weighted by Gasteiger charge is 2.55. The Bertz CT molecular complexity index is 395. The van der Waals surface area contributed by atoms with Gasteiger partial charge in [-0.1, -0.05) is 11.8 Å². The molecule has 4 N–H and O–H groups in total. The third kappa shape index (κ3) is 2.89. The predicted molar refractivity (Wildman–Crippen MR) is 65.2 cm³/mol. The molecule has 6 atom stereocenters. The number of rotatable bonds is 2. The monoisotopic (exact) mass is 316 g/mol. The molecule has 0 radical (unpaired) electrons. The van der Waals surface area contributed by atoms with Gasteiger partial charge in [0.1, 0.15) is 29.8 Å². The summed E-state index contributed by atoms with van der Waals surface area (Å²) in [5.41, 5.74) is -0.871. The number of hydrogen-bond donors (Lipinski definition) is 4. The number of halogens is 3. The maximum atomic E-state index is 12.5. The zero-order valence-corrected chi connectivity index (χ0v) is 11.2. The molecule has 2 aliphatic rings. The maximum Gasteiger partial charge on any atom is 0.417 e. The van der Waals surface area contributed by atoms with Gasteiger partial charge in [-0.25, -0.2) is 0 Å². The molecule has 20 heavy (non-hydrogen) atoms. The number of aliphatic hydroxyl groups excluding tert-OH is 3. The van der Waals surface area contributed by atoms with Crippen LogP contribution in [0, 0.1) is 0 Å². The second-order valence-electron chi connectivity index (χ2n) is 4.51. The molecule has 1 saturated heterocycles. The smallest absolute Gasteiger partial charge is 0.388 e. The molecule has 0 aromatic rings. The van der Waals surface area contributed by atoms with Gasteiger partial charge in [0.15, 0.2) is 11.3 Å². The van der Waals surface area contributed by atoms with Crippen molar-refractivity contribution < 1.29 is 33.2 Å². The van der Waals surface area contributed by atoms with Crippen molar-refractivity contribution in [2.45, 2.75) is 49.0 Å². The number of nitrogens with zero attached hydrogens (tertiary/aromatic N) is 1. The predicted octanol–water partition coefficient (Wildman–Crippen LogP) is -0.563. The molecule has 6 nitrogen and oxygen atoms in total. The lowest BCUT2D eigenvalue weighted by molar-refractivity contribution is -0.271. The fourth-order valence-electron chi connectivity index (χ4n) is 2.07. The summed E-state index contributed by atoms with van der Waals surface area (Å²) in [5.74, 6) is 0. The fourth-order valence-corrected chi connectivity index (χ4v) is 3.25. The number of aliphatic hydroxyl groups is 3. The quantitative estimate of drug-likeness (QED) is 0.545. The van der Waals surface area contributed by atoms with Gasteiger partial charge in [0, 0.05) is 6.54 Å². The first-order chi connectivity index (χ1) is 9.25. The van der Waals surface area contributed by atoms with E-state index in [1.807, 2.05) is 6.92 Å². The first-order valence-corrected chi connectivity index (χ1v) is 6.88. The standard InChI is InChI=1S/C10H15F3N2O4S/c1-2-14-9-15-3-4(16)5(17)6(19-8(3)20-9)7(18)10(11,12)13/h3-8,16-18H,2H2,1H3,(H,14,15)/t3-,4-,5+,6+,7+,8-/m1/s1. The van der Waals surface area contributed by atoms with Crippen LogP contribution in [-0.4, -0.2) is 69.1 Å². The Morgan fingerprint density at radius 1 is 1.40 bits per heavy atom. The number of aliphatic imine (C=N–C) groups is 1. The molecule has 0 amide bonds. The Morgan fingerprint density at radius 2 is 2.05 bits per heavy atom. The summed E-state index contributed by atoms with van der Waals surface area (Å²) in [7, 11) is 0. The van der Waals surface area contributed by atoms with E-state index in [9.17, 15) is 28.5 Å². The minimum atomic E-state index is -4.94. The average molecular weight is 316 g/mol. The number of alkyl halides is 3. The number of amidine groups is 1. The first-order valence-electron chi connectivity index (χ1n) is 6.00. The van der Waals surface area contributed by atoms with E-state index in [2.05, 4.69) is 10.3 Å². The zero-order valence-electron chi connectivity index (χ0n) is 10.4. The minimum Gasteiger partial charge on any atom is -0.388 e. The molecular weight excluding hydrogens is 301 g/mol. The normalized spacial score (nSPS) is 39.1. The number of hydrogen-bond acceptors (Lipinski definition) is 7. The molecule has 0 saturated carbocycles. The van der Waals surface area contributed by atoms with Gasteiger partial charge in [-0.2, -0.15) is 13.2 Å². The second kappa shape index (κ2) is 5.68. The summed E-state index contributed by atoms with van der Waals surface area (Å²) >= 11 is 1.02. The van der Waals surface area contributed by atoms with Crippen LogP contribution in [0.2, 0.25) is 0 Å². The lowest BCUT2D eigenvalue weighted by Crippen LogP contribution is -2.60. The molecule has 0 aliphatic carbocycles. The first kappa shape index (κ1) is 15.8. The molecule has 2 heterocycles. The van der Waals surface area contributed by atoms with E-state index in [0.29, 0.717) is 11.7 Å². The van der Waals surface area contributed by atoms with E-state index in [1.54, 1.807) is 0 Å². The number of thioether (sulfide) groups is 1. The highest BCUT2D eigenvalue weighted by molar-refractivity contribution is 8.14. The Balaban J connectivity index is 2.13. The topological polar surface area (TPSA) is 94.3 Å². The minimum absolute atomic E-state index is 0.427. The van der Waals surface area contributed by atoms with E-state index < -0.39 is 42.1 Å². The van der Waals surface area contributed by atoms with Crippen LogP contribution in [0.1, 0.15) is 6.92 Å². The van der Waals surface area contributed by atoms with Crippen molar-refractivity contribution in [2.75, 3.05) is 6.54 Å². The van der Waals surface area contributed by atoms with Crippen LogP contribution in [0.5, 0.6) is 0 Å². The summed E-state index contributed by atoms with van der Waals surface area (Å²) in [6.45, 7) is 2.37. The third-order valence-electron chi connectivity index (χ3n) is 3.08. The molecule has 116 valence electrons. The second-order valence-corrected chi connectivity index (χ2v) is 5.60. The van der Waals surface area contributed by atoms with Crippen LogP contribution in [-0.2, 0) is 4.74 Å². The molecule has 0 bridgehead atoms. The molecule has 0 unspecified atom stereocenters. The van der Waals surface area contributed by atoms with Crippen molar-refractivity contribution in [2.24, 2.45) is 4.99 Å². The van der Waals surface area contributed by atoms with Gasteiger partial charge in [-0.05, 0) is 6.92 Å². The number of ether oxygens (including phenoxy) is 1. The van der Waals surface area contributed by atoms with Gasteiger partial charge in [0.25, 0.3) is 0 Å². The van der Waals surface area contributed by atoms with Crippen LogP contribution in [0.4, 0.5) is 13.2 Å². The van der Waals surface area contributed by atoms with Gasteiger partial charge in [-0.3, -0.25) is 4.99 Å². The van der Waals surface area contributed by atoms with Crippen molar-refractivity contribution in [1.29, 1.82) is 0 Å². The van der Waals surface area contributed by atoms with Crippen LogP contribution < -0.4 is 5.32 Å². The van der Waals surface area contributed by atoms with Gasteiger partial charge in [0.2, 0.25) is 0 Å². The molecule has 0 spiro atoms. The highest BCUT2D eigenvalue weighted by Crippen LogP contribution is 2.38. The summed E-state index contributed by atoms with van der Waals surface area (Å²) in [4.78, 5) is 4.06. The van der Waals surface area contributed by atoms with Crippen molar-refractivity contribution >= 4 is 16.9 Å². The number of fused-ring (bicyclic) bond motifs is 1. The van der Waals surface area contributed by atoms with Gasteiger partial charge < -0.3 is 25.4 Å². The van der Waals surface area contributed by atoms with Crippen LogP contribution >= 0.6 is 11.8 Å². The van der Waals surface area contributed by atoms with E-state index in [1.165, 1.54) is 0 Å². The molecule has 2 rings (SSSR count). The molecule has 2 aliphatic heterocycles. The van der Waals surface area contributed by atoms with Gasteiger partial charge in [0.05, 0.1) is 0 Å². The number of nitrogens with one attached hydrogen (secondary N) is 1. The Morgan fingerprint density at radius 3 is 2.60 bits per heavy atom. The van der Waals surface area contributed by atoms with Crippen molar-refractivity contribution in [1.82, 2.24) is 5.32 Å². The van der Waals surface area contributed by atoms with Crippen LogP contribution in [0.3, 0.4) is 0 Å². The fraction of sp³-hybridized carbons (Fsp3) is 0.900. The van der Waals surface area contributed by atoms with E-state index in [0.717, 1.165) is 11.8 Å². The van der Waals surface area contributed by atoms with Crippen LogP contribution in [0.25, 0.3) is 0 Å². The molecular formula is C10H15F3N2O4S. The zero-order chi connectivity index (χ0) is 15.1. The average Bonchev–Trinajstić information content (AvgIpc) is 2.75. The van der Waals surface area contributed by atoms with Gasteiger partial charge in [-0.15, -0.1) is 0 Å². The Labute approximate surface area is 117 Å². The SMILES string of the molecule is CCNC1=N[C@@H]2[C@@H](O)[C@H](O)[C@@H]([C@H](O)C(F)(F)F)O[C@@H]2S1. The summed E-state index contributed by atoms with van der Waals surface area (Å²) in [5, 5.41) is 32.1. The molecule has 0 aromatic carbocycles. The Kier molecular flexibility index (Phi) is 4.50. The summed E-state index contributed by atoms with van der Waals surface area (Å²) < 4.78 is 42.6. The Hall–Kier alpha value is -0.550. The summed E-state index contributed by atoms with van der Waals surface area (Å²) in [6.07, 6.45) is -13.1. The van der Waals surface area contributed by atoms with Crippen molar-refractivity contribution in [3.63, 3.8) is 0 Å². The van der Waals surface area contributed by atoms with E-state index >= 15 is 0 Å². The molecule has 10 heteroatoms. The van der Waals surface area contributed by atoms with Crippen molar-refractivity contribution in [3.05, 3.63) is 0 Å². The van der Waals surface area contributed by atoms with Crippen LogP contribution in [0.15, 0.2) is 4.99 Å². The third-order valence-corrected chi connectivity index (χ3v) is 4.17. The molecule has 0 aromatic heterocycles. The van der Waals surface area contributed by atoms with E-state index in [-0.39, 0.29) is 0 Å². The van der Waals surface area contributed by atoms with Gasteiger partial charge >= 0.3 is 6.18 Å². The maximum absolute atomic E-state index is 12.5. The largest absolute Gasteiger partial charge is 0.417 e. The lowest BCUT2D eigenvalue weighted by Gasteiger charge is -2.40. The lowest BCUT2D eigenvalue weighted by atomic mass is 9.94. The molecule has 1 fully saturated rings. The summed E-state index contributed by atoms with van der Waals surface area (Å²) in [6, 6.07) is -0.860. The van der Waals surface area contributed by atoms with Crippen molar-refractivity contribution in [3.8, 4) is 0 Å².